The number of carbonyl (C=O) groups excluding carboxylic acids is 2. The van der Waals surface area contributed by atoms with Crippen LogP contribution in [0.3, 0.4) is 0 Å². The number of nitrogens with zero attached hydrogens (tertiary/aromatic N) is 1. The molecule has 0 aliphatic carbocycles. The highest BCUT2D eigenvalue weighted by Crippen LogP contribution is 2.16. The Labute approximate surface area is 126 Å². The molecule has 2 amide bonds. The van der Waals surface area contributed by atoms with Gasteiger partial charge in [-0.25, -0.2) is 0 Å². The fourth-order valence-corrected chi connectivity index (χ4v) is 2.66. The zero-order valence-corrected chi connectivity index (χ0v) is 12.9. The average molecular weight is 288 g/mol. The van der Waals surface area contributed by atoms with Crippen molar-refractivity contribution in [2.75, 3.05) is 7.05 Å². The summed E-state index contributed by atoms with van der Waals surface area (Å²) < 4.78 is 0. The van der Waals surface area contributed by atoms with Gasteiger partial charge >= 0.3 is 0 Å². The molecular formula is C17H24N2O2. The summed E-state index contributed by atoms with van der Waals surface area (Å²) >= 11 is 0. The number of benzene rings is 1. The average Bonchev–Trinajstić information content (AvgIpc) is 2.68. The summed E-state index contributed by atoms with van der Waals surface area (Å²) in [6.07, 6.45) is 4.13. The van der Waals surface area contributed by atoms with Gasteiger partial charge in [0.05, 0.1) is 0 Å². The minimum Gasteiger partial charge on any atom is -0.350 e. The highest BCUT2D eigenvalue weighted by Gasteiger charge is 2.28. The first-order valence-corrected chi connectivity index (χ1v) is 7.73. The number of rotatable bonds is 4. The first-order chi connectivity index (χ1) is 10.1. The van der Waals surface area contributed by atoms with Gasteiger partial charge in [-0.2, -0.15) is 0 Å². The Morgan fingerprint density at radius 3 is 2.57 bits per heavy atom. The Morgan fingerprint density at radius 1 is 1.24 bits per heavy atom. The Hall–Kier alpha value is -1.84. The van der Waals surface area contributed by atoms with Gasteiger partial charge in [-0.1, -0.05) is 37.6 Å². The molecule has 4 heteroatoms. The fourth-order valence-electron chi connectivity index (χ4n) is 2.66. The number of nitrogens with one attached hydrogen (secondary N) is 1. The van der Waals surface area contributed by atoms with E-state index in [1.54, 1.807) is 11.9 Å². The topological polar surface area (TPSA) is 49.4 Å². The minimum absolute atomic E-state index is 0.0488. The molecule has 2 rings (SSSR count). The molecule has 1 aliphatic rings. The number of aryl methyl sites for hydroxylation is 1. The second-order valence-electron chi connectivity index (χ2n) is 5.65. The lowest BCUT2D eigenvalue weighted by Gasteiger charge is -2.25. The van der Waals surface area contributed by atoms with Gasteiger partial charge < -0.3 is 10.2 Å². The fraction of sp³-hybridized carbons (Fsp3) is 0.529. The second-order valence-corrected chi connectivity index (χ2v) is 5.65. The predicted octanol–water partition coefficient (Wildman–Crippen LogP) is 2.27. The van der Waals surface area contributed by atoms with Gasteiger partial charge in [-0.3, -0.25) is 9.59 Å². The van der Waals surface area contributed by atoms with Crippen LogP contribution in [-0.4, -0.2) is 29.8 Å². The maximum Gasteiger partial charge on any atom is 0.243 e. The summed E-state index contributed by atoms with van der Waals surface area (Å²) in [5.41, 5.74) is 2.38. The standard InChI is InChI=1S/C17H24N2O2/c1-3-13-8-10-14(11-9-13)12-18-17(21)15-6-4-5-7-16(20)19(15)2/h8-11,15H,3-7,12H2,1-2H3,(H,18,21). The van der Waals surface area contributed by atoms with Gasteiger partial charge in [0.15, 0.2) is 0 Å². The van der Waals surface area contributed by atoms with E-state index in [9.17, 15) is 9.59 Å². The molecule has 0 spiro atoms. The third-order valence-electron chi connectivity index (χ3n) is 4.18. The van der Waals surface area contributed by atoms with E-state index in [1.807, 2.05) is 12.1 Å². The number of hydrogen-bond donors (Lipinski definition) is 1. The van der Waals surface area contributed by atoms with E-state index >= 15 is 0 Å². The highest BCUT2D eigenvalue weighted by molar-refractivity contribution is 5.87. The summed E-state index contributed by atoms with van der Waals surface area (Å²) in [5.74, 6) is 0.0206. The van der Waals surface area contributed by atoms with E-state index in [-0.39, 0.29) is 17.9 Å². The van der Waals surface area contributed by atoms with E-state index in [1.165, 1.54) is 5.56 Å². The molecule has 0 saturated carbocycles. The van der Waals surface area contributed by atoms with E-state index in [0.717, 1.165) is 31.2 Å². The lowest BCUT2D eigenvalue weighted by atomic mass is 10.1. The minimum atomic E-state index is -0.324. The summed E-state index contributed by atoms with van der Waals surface area (Å²) in [7, 11) is 1.73. The van der Waals surface area contributed by atoms with Crippen molar-refractivity contribution in [3.05, 3.63) is 35.4 Å². The first kappa shape index (κ1) is 15.5. The number of hydrogen-bond acceptors (Lipinski definition) is 2. The van der Waals surface area contributed by atoms with E-state index in [2.05, 4.69) is 24.4 Å². The van der Waals surface area contributed by atoms with Gasteiger partial charge in [0, 0.05) is 20.0 Å². The monoisotopic (exact) mass is 288 g/mol. The van der Waals surface area contributed by atoms with Crippen molar-refractivity contribution >= 4 is 11.8 Å². The number of carbonyl (C=O) groups is 2. The maximum atomic E-state index is 12.3. The van der Waals surface area contributed by atoms with Crippen LogP contribution >= 0.6 is 0 Å². The Kier molecular flexibility index (Phi) is 5.37. The zero-order valence-electron chi connectivity index (χ0n) is 12.9. The SMILES string of the molecule is CCc1ccc(CNC(=O)C2CCCCC(=O)N2C)cc1. The highest BCUT2D eigenvalue weighted by atomic mass is 16.2. The van der Waals surface area contributed by atoms with E-state index in [0.29, 0.717) is 13.0 Å². The summed E-state index contributed by atoms with van der Waals surface area (Å²) in [4.78, 5) is 25.7. The molecule has 1 aliphatic heterocycles. The Morgan fingerprint density at radius 2 is 1.90 bits per heavy atom. The van der Waals surface area contributed by atoms with Crippen molar-refractivity contribution in [1.82, 2.24) is 10.2 Å². The van der Waals surface area contributed by atoms with Crippen LogP contribution in [0.25, 0.3) is 0 Å². The van der Waals surface area contributed by atoms with Crippen molar-refractivity contribution in [3.63, 3.8) is 0 Å². The molecule has 0 bridgehead atoms. The van der Waals surface area contributed by atoms with Crippen molar-refractivity contribution < 1.29 is 9.59 Å². The second kappa shape index (κ2) is 7.25. The van der Waals surface area contributed by atoms with Crippen LogP contribution in [0.2, 0.25) is 0 Å². The maximum absolute atomic E-state index is 12.3. The van der Waals surface area contributed by atoms with Crippen molar-refractivity contribution in [2.45, 2.75) is 51.6 Å². The number of amides is 2. The molecule has 1 saturated heterocycles. The molecule has 1 unspecified atom stereocenters. The molecule has 1 fully saturated rings. The quantitative estimate of drug-likeness (QED) is 0.924. The molecule has 114 valence electrons. The van der Waals surface area contributed by atoms with Crippen molar-refractivity contribution in [3.8, 4) is 0 Å². The van der Waals surface area contributed by atoms with Crippen molar-refractivity contribution in [2.24, 2.45) is 0 Å². The van der Waals surface area contributed by atoms with Crippen LogP contribution in [0.5, 0.6) is 0 Å². The lowest BCUT2D eigenvalue weighted by Crippen LogP contribution is -2.46. The molecule has 1 aromatic rings. The van der Waals surface area contributed by atoms with Crippen LogP contribution in [0, 0.1) is 0 Å². The van der Waals surface area contributed by atoms with Gasteiger partial charge in [0.25, 0.3) is 0 Å². The summed E-state index contributed by atoms with van der Waals surface area (Å²) in [6.45, 7) is 2.64. The third kappa shape index (κ3) is 4.06. The van der Waals surface area contributed by atoms with Crippen LogP contribution in [0.15, 0.2) is 24.3 Å². The molecule has 1 aromatic carbocycles. The van der Waals surface area contributed by atoms with Gasteiger partial charge in [0.2, 0.25) is 11.8 Å². The molecule has 21 heavy (non-hydrogen) atoms. The zero-order chi connectivity index (χ0) is 15.2. The van der Waals surface area contributed by atoms with Crippen molar-refractivity contribution in [1.29, 1.82) is 0 Å². The van der Waals surface area contributed by atoms with Gasteiger partial charge in [-0.05, 0) is 30.4 Å². The van der Waals surface area contributed by atoms with Gasteiger partial charge in [-0.15, -0.1) is 0 Å². The van der Waals surface area contributed by atoms with Crippen LogP contribution < -0.4 is 5.32 Å². The molecule has 1 N–H and O–H groups in total. The normalized spacial score (nSPS) is 19.2. The molecule has 1 heterocycles. The molecule has 0 aromatic heterocycles. The van der Waals surface area contributed by atoms with E-state index in [4.69, 9.17) is 0 Å². The van der Waals surface area contributed by atoms with Gasteiger partial charge in [0.1, 0.15) is 6.04 Å². The first-order valence-electron chi connectivity index (χ1n) is 7.73. The van der Waals surface area contributed by atoms with Crippen LogP contribution in [-0.2, 0) is 22.6 Å². The van der Waals surface area contributed by atoms with Crippen LogP contribution in [0.1, 0.15) is 43.7 Å². The van der Waals surface area contributed by atoms with E-state index < -0.39 is 0 Å². The largest absolute Gasteiger partial charge is 0.350 e. The third-order valence-corrected chi connectivity index (χ3v) is 4.18. The summed E-state index contributed by atoms with van der Waals surface area (Å²) in [6, 6.07) is 7.93. The Bertz CT molecular complexity index is 496. The lowest BCUT2D eigenvalue weighted by molar-refractivity contribution is -0.138. The Balaban J connectivity index is 1.92. The molecule has 0 radical (unpaired) electrons. The predicted molar refractivity (Wildman–Crippen MR) is 82.7 cm³/mol. The smallest absolute Gasteiger partial charge is 0.243 e. The number of likely N-dealkylation sites (tertiary alicyclic amines) is 1. The summed E-state index contributed by atoms with van der Waals surface area (Å²) in [5, 5.41) is 2.95. The molecular weight excluding hydrogens is 264 g/mol. The number of likely N-dealkylation sites (N-methyl/N-ethyl adjacent to an activating group) is 1. The van der Waals surface area contributed by atoms with Crippen LogP contribution in [0.4, 0.5) is 0 Å². The molecule has 4 nitrogen and oxygen atoms in total. The molecule has 1 atom stereocenters.